The SMILES string of the molecule is C=CCC(=CC(O)C1CC=C(C)C1(C)C)CO. The van der Waals surface area contributed by atoms with Crippen molar-refractivity contribution in [3.63, 3.8) is 0 Å². The molecule has 0 spiro atoms. The first-order chi connectivity index (χ1) is 7.93. The van der Waals surface area contributed by atoms with Gasteiger partial charge in [-0.05, 0) is 30.8 Å². The molecule has 0 amide bonds. The molecule has 1 rings (SSSR count). The third-order valence-electron chi connectivity index (χ3n) is 4.05. The number of aliphatic hydroxyl groups is 2. The fraction of sp³-hybridized carbons (Fsp3) is 0.600. The van der Waals surface area contributed by atoms with E-state index in [4.69, 9.17) is 0 Å². The zero-order valence-corrected chi connectivity index (χ0v) is 11.1. The van der Waals surface area contributed by atoms with Gasteiger partial charge < -0.3 is 10.2 Å². The maximum absolute atomic E-state index is 10.3. The van der Waals surface area contributed by atoms with Crippen molar-refractivity contribution in [3.8, 4) is 0 Å². The molecular formula is C15H24O2. The van der Waals surface area contributed by atoms with Gasteiger partial charge in [-0.15, -0.1) is 6.58 Å². The Morgan fingerprint density at radius 2 is 2.29 bits per heavy atom. The molecule has 2 nitrogen and oxygen atoms in total. The summed E-state index contributed by atoms with van der Waals surface area (Å²) in [5, 5.41) is 19.5. The van der Waals surface area contributed by atoms with Gasteiger partial charge in [-0.25, -0.2) is 0 Å². The molecule has 0 aromatic carbocycles. The molecule has 0 radical (unpaired) electrons. The van der Waals surface area contributed by atoms with Gasteiger partial charge in [0.05, 0.1) is 12.7 Å². The van der Waals surface area contributed by atoms with Crippen LogP contribution in [0, 0.1) is 11.3 Å². The Morgan fingerprint density at radius 1 is 1.65 bits per heavy atom. The molecule has 0 aromatic rings. The average Bonchev–Trinajstić information content (AvgIpc) is 2.53. The number of allylic oxidation sites excluding steroid dienone is 3. The largest absolute Gasteiger partial charge is 0.392 e. The summed E-state index contributed by atoms with van der Waals surface area (Å²) < 4.78 is 0. The van der Waals surface area contributed by atoms with E-state index < -0.39 is 6.10 Å². The van der Waals surface area contributed by atoms with Crippen LogP contribution in [0.25, 0.3) is 0 Å². The molecule has 0 aromatic heterocycles. The molecule has 1 aliphatic rings. The lowest BCUT2D eigenvalue weighted by Gasteiger charge is -2.32. The number of rotatable bonds is 5. The summed E-state index contributed by atoms with van der Waals surface area (Å²) in [5.41, 5.74) is 2.21. The minimum Gasteiger partial charge on any atom is -0.392 e. The van der Waals surface area contributed by atoms with Crippen molar-refractivity contribution in [2.24, 2.45) is 11.3 Å². The molecule has 0 saturated carbocycles. The summed E-state index contributed by atoms with van der Waals surface area (Å²) in [6, 6.07) is 0. The highest BCUT2D eigenvalue weighted by atomic mass is 16.3. The molecule has 0 saturated heterocycles. The number of hydrogen-bond acceptors (Lipinski definition) is 2. The minimum atomic E-state index is -0.499. The predicted molar refractivity (Wildman–Crippen MR) is 71.6 cm³/mol. The van der Waals surface area contributed by atoms with Crippen molar-refractivity contribution >= 4 is 0 Å². The van der Waals surface area contributed by atoms with Crippen LogP contribution in [0.1, 0.15) is 33.6 Å². The van der Waals surface area contributed by atoms with E-state index in [9.17, 15) is 10.2 Å². The summed E-state index contributed by atoms with van der Waals surface area (Å²) in [5.74, 6) is 0.203. The summed E-state index contributed by atoms with van der Waals surface area (Å²) in [4.78, 5) is 0. The van der Waals surface area contributed by atoms with Crippen LogP contribution in [0.2, 0.25) is 0 Å². The predicted octanol–water partition coefficient (Wildman–Crippen LogP) is 2.83. The Morgan fingerprint density at radius 3 is 2.71 bits per heavy atom. The summed E-state index contributed by atoms with van der Waals surface area (Å²) in [6.07, 6.45) is 6.78. The second-order valence-electron chi connectivity index (χ2n) is 5.42. The van der Waals surface area contributed by atoms with Crippen LogP contribution < -0.4 is 0 Å². The van der Waals surface area contributed by atoms with Gasteiger partial charge in [0, 0.05) is 5.92 Å². The molecule has 2 unspecified atom stereocenters. The fourth-order valence-electron chi connectivity index (χ4n) is 2.45. The highest BCUT2D eigenvalue weighted by Crippen LogP contribution is 2.45. The molecular weight excluding hydrogens is 212 g/mol. The van der Waals surface area contributed by atoms with E-state index in [0.717, 1.165) is 12.0 Å². The van der Waals surface area contributed by atoms with Crippen LogP contribution >= 0.6 is 0 Å². The average molecular weight is 236 g/mol. The maximum Gasteiger partial charge on any atom is 0.0763 e. The molecule has 0 fully saturated rings. The Bertz CT molecular complexity index is 337. The third kappa shape index (κ3) is 3.08. The first kappa shape index (κ1) is 14.2. The Hall–Kier alpha value is -0.860. The van der Waals surface area contributed by atoms with Crippen molar-refractivity contribution in [2.45, 2.75) is 39.7 Å². The maximum atomic E-state index is 10.3. The van der Waals surface area contributed by atoms with E-state index in [2.05, 4.69) is 33.4 Å². The van der Waals surface area contributed by atoms with Crippen LogP contribution in [0.5, 0.6) is 0 Å². The van der Waals surface area contributed by atoms with Gasteiger partial charge in [0.1, 0.15) is 0 Å². The van der Waals surface area contributed by atoms with Gasteiger partial charge in [0.25, 0.3) is 0 Å². The number of hydrogen-bond donors (Lipinski definition) is 2. The third-order valence-corrected chi connectivity index (χ3v) is 4.05. The summed E-state index contributed by atoms with van der Waals surface area (Å²) >= 11 is 0. The van der Waals surface area contributed by atoms with Crippen LogP contribution in [-0.4, -0.2) is 22.9 Å². The highest BCUT2D eigenvalue weighted by molar-refractivity contribution is 5.22. The van der Waals surface area contributed by atoms with Crippen LogP contribution in [0.15, 0.2) is 36.0 Å². The van der Waals surface area contributed by atoms with Crippen molar-refractivity contribution < 1.29 is 10.2 Å². The number of aliphatic hydroxyl groups excluding tert-OH is 2. The lowest BCUT2D eigenvalue weighted by atomic mass is 9.74. The second kappa shape index (κ2) is 5.65. The minimum absolute atomic E-state index is 0.0113. The van der Waals surface area contributed by atoms with Gasteiger partial charge in [-0.3, -0.25) is 0 Å². The van der Waals surface area contributed by atoms with Gasteiger partial charge >= 0.3 is 0 Å². The first-order valence-electron chi connectivity index (χ1n) is 6.20. The quantitative estimate of drug-likeness (QED) is 0.721. The van der Waals surface area contributed by atoms with Gasteiger partial charge in [0.15, 0.2) is 0 Å². The molecule has 0 aliphatic heterocycles. The molecule has 0 heterocycles. The molecule has 2 heteroatoms. The first-order valence-corrected chi connectivity index (χ1v) is 6.20. The molecule has 1 aliphatic carbocycles. The van der Waals surface area contributed by atoms with Gasteiger partial charge in [-0.1, -0.05) is 37.6 Å². The topological polar surface area (TPSA) is 40.5 Å². The zero-order valence-electron chi connectivity index (χ0n) is 11.1. The highest BCUT2D eigenvalue weighted by Gasteiger charge is 2.38. The van der Waals surface area contributed by atoms with Gasteiger partial charge in [0.2, 0.25) is 0 Å². The summed E-state index contributed by atoms with van der Waals surface area (Å²) in [7, 11) is 0. The van der Waals surface area contributed by atoms with E-state index in [0.29, 0.717) is 6.42 Å². The normalized spacial score (nSPS) is 25.6. The fourth-order valence-corrected chi connectivity index (χ4v) is 2.45. The lowest BCUT2D eigenvalue weighted by molar-refractivity contribution is 0.0965. The monoisotopic (exact) mass is 236 g/mol. The zero-order chi connectivity index (χ0) is 13.1. The van der Waals surface area contributed by atoms with Crippen molar-refractivity contribution in [1.29, 1.82) is 0 Å². The molecule has 96 valence electrons. The second-order valence-corrected chi connectivity index (χ2v) is 5.42. The van der Waals surface area contributed by atoms with Crippen LogP contribution in [-0.2, 0) is 0 Å². The summed E-state index contributed by atoms with van der Waals surface area (Å²) in [6.45, 7) is 10.1. The molecule has 2 atom stereocenters. The lowest BCUT2D eigenvalue weighted by Crippen LogP contribution is -2.30. The van der Waals surface area contributed by atoms with E-state index in [1.54, 1.807) is 12.2 Å². The van der Waals surface area contributed by atoms with Gasteiger partial charge in [-0.2, -0.15) is 0 Å². The van der Waals surface area contributed by atoms with Crippen LogP contribution in [0.4, 0.5) is 0 Å². The molecule has 17 heavy (non-hydrogen) atoms. The van der Waals surface area contributed by atoms with Crippen molar-refractivity contribution in [3.05, 3.63) is 36.0 Å². The Labute approximate surface area is 104 Å². The van der Waals surface area contributed by atoms with E-state index in [1.807, 2.05) is 0 Å². The van der Waals surface area contributed by atoms with E-state index in [1.165, 1.54) is 5.57 Å². The molecule has 2 N–H and O–H groups in total. The van der Waals surface area contributed by atoms with Crippen molar-refractivity contribution in [2.75, 3.05) is 6.61 Å². The Balaban J connectivity index is 2.78. The van der Waals surface area contributed by atoms with E-state index >= 15 is 0 Å². The smallest absolute Gasteiger partial charge is 0.0763 e. The standard InChI is InChI=1S/C15H24O2/c1-5-6-12(10-16)9-14(17)13-8-7-11(2)15(13,3)4/h5,7,9,13-14,16-17H,1,6,8,10H2,2-4H3. The van der Waals surface area contributed by atoms with Crippen LogP contribution in [0.3, 0.4) is 0 Å². The Kier molecular flexibility index (Phi) is 4.72. The van der Waals surface area contributed by atoms with E-state index in [-0.39, 0.29) is 17.9 Å². The van der Waals surface area contributed by atoms with Crippen molar-refractivity contribution in [1.82, 2.24) is 0 Å². The molecule has 0 bridgehead atoms.